The molecule has 4 rings (SSSR count). The third-order valence-electron chi connectivity index (χ3n) is 6.53. The first-order chi connectivity index (χ1) is 17.1. The van der Waals surface area contributed by atoms with Gasteiger partial charge in [-0.2, -0.15) is 5.10 Å². The Balaban J connectivity index is 1.34. The van der Waals surface area contributed by atoms with Crippen LogP contribution in [0.25, 0.3) is 11.1 Å². The van der Waals surface area contributed by atoms with Crippen LogP contribution in [0.3, 0.4) is 0 Å². The summed E-state index contributed by atoms with van der Waals surface area (Å²) >= 11 is 0. The Morgan fingerprint density at radius 3 is 2.89 bits per heavy atom. The monoisotopic (exact) mass is 475 g/mol. The third kappa shape index (κ3) is 7.24. The molecule has 0 spiro atoms. The largest absolute Gasteiger partial charge is 0.375 e. The van der Waals surface area contributed by atoms with E-state index in [-0.39, 0.29) is 5.91 Å². The van der Waals surface area contributed by atoms with E-state index in [2.05, 4.69) is 43.5 Å². The van der Waals surface area contributed by atoms with Crippen molar-refractivity contribution in [1.29, 1.82) is 0 Å². The van der Waals surface area contributed by atoms with Gasteiger partial charge in [-0.1, -0.05) is 42.5 Å². The predicted octanol–water partition coefficient (Wildman–Crippen LogP) is 3.76. The van der Waals surface area contributed by atoms with Crippen LogP contribution in [0.2, 0.25) is 0 Å². The average Bonchev–Trinajstić information content (AvgIpc) is 3.37. The maximum absolute atomic E-state index is 12.6. The van der Waals surface area contributed by atoms with Crippen LogP contribution < -0.4 is 5.32 Å². The summed E-state index contributed by atoms with van der Waals surface area (Å²) < 4.78 is 5.92. The minimum absolute atomic E-state index is 0.0434. The molecule has 186 valence electrons. The van der Waals surface area contributed by atoms with Crippen molar-refractivity contribution in [3.63, 3.8) is 0 Å². The Morgan fingerprint density at radius 1 is 1.20 bits per heavy atom. The number of amides is 1. The lowest BCUT2D eigenvalue weighted by molar-refractivity contribution is 0.0827. The zero-order valence-electron chi connectivity index (χ0n) is 20.9. The van der Waals surface area contributed by atoms with Crippen LogP contribution in [0.15, 0.2) is 60.8 Å². The molecule has 1 atom stereocenters. The number of carbonyl (C=O) groups is 1. The smallest absolute Gasteiger partial charge is 0.251 e. The van der Waals surface area contributed by atoms with Gasteiger partial charge in [0.05, 0.1) is 19.4 Å². The molecular weight excluding hydrogens is 438 g/mol. The molecule has 0 saturated carbocycles. The van der Waals surface area contributed by atoms with Crippen molar-refractivity contribution in [3.05, 3.63) is 77.6 Å². The summed E-state index contributed by atoms with van der Waals surface area (Å²) in [5, 5.41) is 10.6. The standard InChI is InChI=1S/C28H37N5O2/c1-32(2)15-13-29-28(34)24-11-6-10-23(18-24)26-19-30-31-27(26)25-12-7-14-33(20-25)16-17-35-21-22-8-4-3-5-9-22/h3-6,8-11,18-19,25H,7,12-17,20-21H2,1-2H3,(H,29,34)(H,30,31)/t25-/m1/s1. The Bertz CT molecular complexity index is 1070. The summed E-state index contributed by atoms with van der Waals surface area (Å²) in [6.45, 7) is 5.82. The van der Waals surface area contributed by atoms with Crippen LogP contribution in [0.4, 0.5) is 0 Å². The lowest BCUT2D eigenvalue weighted by atomic mass is 9.90. The van der Waals surface area contributed by atoms with Crippen LogP contribution in [0.5, 0.6) is 0 Å². The lowest BCUT2D eigenvalue weighted by Crippen LogP contribution is -2.36. The van der Waals surface area contributed by atoms with Crippen molar-refractivity contribution in [2.45, 2.75) is 25.4 Å². The summed E-state index contributed by atoms with van der Waals surface area (Å²) in [6.07, 6.45) is 4.16. The molecule has 7 nitrogen and oxygen atoms in total. The molecule has 0 unspecified atom stereocenters. The predicted molar refractivity (Wildman–Crippen MR) is 139 cm³/mol. The normalized spacial score (nSPS) is 16.5. The summed E-state index contributed by atoms with van der Waals surface area (Å²) in [5.41, 5.74) is 5.15. The first-order valence-electron chi connectivity index (χ1n) is 12.5. The third-order valence-corrected chi connectivity index (χ3v) is 6.53. The van der Waals surface area contributed by atoms with Crippen molar-refractivity contribution in [3.8, 4) is 11.1 Å². The van der Waals surface area contributed by atoms with E-state index in [9.17, 15) is 4.79 Å². The second-order valence-electron chi connectivity index (χ2n) is 9.52. The molecule has 0 bridgehead atoms. The van der Waals surface area contributed by atoms with Crippen LogP contribution >= 0.6 is 0 Å². The van der Waals surface area contributed by atoms with Gasteiger partial charge in [0.1, 0.15) is 0 Å². The number of aromatic nitrogens is 2. The number of piperidine rings is 1. The quantitative estimate of drug-likeness (QED) is 0.413. The van der Waals surface area contributed by atoms with E-state index in [0.717, 1.165) is 62.4 Å². The molecular formula is C28H37N5O2. The van der Waals surface area contributed by atoms with Gasteiger partial charge in [-0.05, 0) is 56.7 Å². The SMILES string of the molecule is CN(C)CCNC(=O)c1cccc(-c2cn[nH]c2[C@@H]2CCCN(CCOCc3ccccc3)C2)c1. The summed E-state index contributed by atoms with van der Waals surface area (Å²) in [6, 6.07) is 18.2. The molecule has 1 saturated heterocycles. The Labute approximate surface area is 208 Å². The number of aromatic amines is 1. The first-order valence-corrected chi connectivity index (χ1v) is 12.5. The zero-order valence-corrected chi connectivity index (χ0v) is 20.9. The fourth-order valence-electron chi connectivity index (χ4n) is 4.61. The number of H-pyrrole nitrogens is 1. The number of likely N-dealkylation sites (tertiary alicyclic amines) is 1. The molecule has 3 aromatic rings. The van der Waals surface area contributed by atoms with E-state index in [1.165, 1.54) is 5.56 Å². The highest BCUT2D eigenvalue weighted by Gasteiger charge is 2.25. The highest BCUT2D eigenvalue weighted by atomic mass is 16.5. The Morgan fingerprint density at radius 2 is 2.06 bits per heavy atom. The molecule has 0 radical (unpaired) electrons. The van der Waals surface area contributed by atoms with Crippen molar-refractivity contribution < 1.29 is 9.53 Å². The maximum Gasteiger partial charge on any atom is 0.251 e. The van der Waals surface area contributed by atoms with Gasteiger partial charge in [-0.25, -0.2) is 0 Å². The number of likely N-dealkylation sites (N-methyl/N-ethyl adjacent to an activating group) is 1. The number of hydrogen-bond acceptors (Lipinski definition) is 5. The summed E-state index contributed by atoms with van der Waals surface area (Å²) in [4.78, 5) is 17.2. The van der Waals surface area contributed by atoms with E-state index < -0.39 is 0 Å². The number of hydrogen-bond donors (Lipinski definition) is 2. The fourth-order valence-corrected chi connectivity index (χ4v) is 4.61. The number of nitrogens with one attached hydrogen (secondary N) is 2. The second kappa shape index (κ2) is 12.6. The molecule has 7 heteroatoms. The van der Waals surface area contributed by atoms with E-state index in [1.54, 1.807) is 0 Å². The van der Waals surface area contributed by atoms with E-state index in [4.69, 9.17) is 4.74 Å². The first kappa shape index (κ1) is 25.1. The number of rotatable bonds is 11. The van der Waals surface area contributed by atoms with Gasteiger partial charge in [0.15, 0.2) is 0 Å². The van der Waals surface area contributed by atoms with Crippen LogP contribution in [0.1, 0.15) is 40.4 Å². The zero-order chi connectivity index (χ0) is 24.5. The highest BCUT2D eigenvalue weighted by Crippen LogP contribution is 2.33. The second-order valence-corrected chi connectivity index (χ2v) is 9.52. The Kier molecular flexibility index (Phi) is 9.06. The van der Waals surface area contributed by atoms with Crippen LogP contribution in [-0.4, -0.2) is 79.3 Å². The fraction of sp³-hybridized carbons (Fsp3) is 0.429. The average molecular weight is 476 g/mol. The molecule has 2 heterocycles. The van der Waals surface area contributed by atoms with Gasteiger partial charge < -0.3 is 19.9 Å². The van der Waals surface area contributed by atoms with Gasteiger partial charge >= 0.3 is 0 Å². The molecule has 1 aliphatic rings. The molecule has 35 heavy (non-hydrogen) atoms. The number of ether oxygens (including phenoxy) is 1. The Hall–Kier alpha value is -3.00. The van der Waals surface area contributed by atoms with Crippen molar-refractivity contribution in [2.24, 2.45) is 0 Å². The van der Waals surface area contributed by atoms with Crippen molar-refractivity contribution in [1.82, 2.24) is 25.3 Å². The van der Waals surface area contributed by atoms with Crippen LogP contribution in [0, 0.1) is 0 Å². The van der Waals surface area contributed by atoms with Gasteiger partial charge in [-0.15, -0.1) is 0 Å². The minimum Gasteiger partial charge on any atom is -0.375 e. The highest BCUT2D eigenvalue weighted by molar-refractivity contribution is 5.95. The molecule has 1 amide bonds. The van der Waals surface area contributed by atoms with Crippen LogP contribution in [-0.2, 0) is 11.3 Å². The summed E-state index contributed by atoms with van der Waals surface area (Å²) in [5.74, 6) is 0.339. The number of carbonyl (C=O) groups excluding carboxylic acids is 1. The van der Waals surface area contributed by atoms with E-state index >= 15 is 0 Å². The molecule has 2 aromatic carbocycles. The molecule has 1 aliphatic heterocycles. The topological polar surface area (TPSA) is 73.5 Å². The van der Waals surface area contributed by atoms with Gasteiger partial charge in [0.25, 0.3) is 5.91 Å². The lowest BCUT2D eigenvalue weighted by Gasteiger charge is -2.32. The van der Waals surface area contributed by atoms with Gasteiger partial charge in [0, 0.05) is 48.9 Å². The maximum atomic E-state index is 12.6. The molecule has 1 fully saturated rings. The van der Waals surface area contributed by atoms with Gasteiger partial charge in [0.2, 0.25) is 0 Å². The van der Waals surface area contributed by atoms with Gasteiger partial charge in [-0.3, -0.25) is 9.89 Å². The number of nitrogens with zero attached hydrogens (tertiary/aromatic N) is 3. The van der Waals surface area contributed by atoms with Crippen molar-refractivity contribution in [2.75, 3.05) is 53.4 Å². The van der Waals surface area contributed by atoms with Crippen molar-refractivity contribution >= 4 is 5.91 Å². The molecule has 2 N–H and O–H groups in total. The minimum atomic E-state index is -0.0434. The molecule has 1 aromatic heterocycles. The molecule has 0 aliphatic carbocycles. The van der Waals surface area contributed by atoms with E-state index in [1.807, 2.05) is 56.7 Å². The van der Waals surface area contributed by atoms with E-state index in [0.29, 0.717) is 24.6 Å². The summed E-state index contributed by atoms with van der Waals surface area (Å²) in [7, 11) is 3.99. The number of benzene rings is 2.